The molecule has 1 saturated heterocycles. The molecule has 1 N–H and O–H groups in total. The van der Waals surface area contributed by atoms with Crippen molar-refractivity contribution in [3.8, 4) is 0 Å². The molecule has 22 heavy (non-hydrogen) atoms. The molecule has 1 aromatic heterocycles. The minimum Gasteiger partial charge on any atom is -0.373 e. The molecular weight excluding hydrogens is 284 g/mol. The van der Waals surface area contributed by atoms with Crippen molar-refractivity contribution >= 4 is 11.7 Å². The molecule has 7 nitrogen and oxygen atoms in total. The lowest BCUT2D eigenvalue weighted by Crippen LogP contribution is -2.48. The second-order valence-corrected chi connectivity index (χ2v) is 5.35. The molecule has 1 aromatic rings. The van der Waals surface area contributed by atoms with Crippen LogP contribution in [0.15, 0.2) is 12.1 Å². The number of pyridine rings is 1. The lowest BCUT2D eigenvalue weighted by atomic mass is 10.1. The second kappa shape index (κ2) is 7.53. The zero-order chi connectivity index (χ0) is 16.1. The summed E-state index contributed by atoms with van der Waals surface area (Å²) in [5, 5.41) is 3.01. The largest absolute Gasteiger partial charge is 0.373 e. The molecule has 1 fully saturated rings. The van der Waals surface area contributed by atoms with Crippen LogP contribution in [0, 0.1) is 0 Å². The first kappa shape index (κ1) is 16.7. The van der Waals surface area contributed by atoms with E-state index < -0.39 is 6.29 Å². The van der Waals surface area contributed by atoms with Gasteiger partial charge in [-0.25, -0.2) is 4.98 Å². The van der Waals surface area contributed by atoms with Gasteiger partial charge in [0.1, 0.15) is 11.5 Å². The van der Waals surface area contributed by atoms with Crippen molar-refractivity contribution in [1.29, 1.82) is 0 Å². The highest BCUT2D eigenvalue weighted by molar-refractivity contribution is 5.79. The number of amides is 1. The highest BCUT2D eigenvalue weighted by Crippen LogP contribution is 2.23. The van der Waals surface area contributed by atoms with Gasteiger partial charge in [0.05, 0.1) is 6.54 Å². The smallest absolute Gasteiger partial charge is 0.237 e. The number of carbonyl (C=O) groups is 1. The average Bonchev–Trinajstić information content (AvgIpc) is 2.52. The number of anilines is 1. The van der Waals surface area contributed by atoms with Gasteiger partial charge < -0.3 is 19.7 Å². The summed E-state index contributed by atoms with van der Waals surface area (Å²) in [7, 11) is 6.92. The third kappa shape index (κ3) is 3.73. The number of aromatic nitrogens is 1. The van der Waals surface area contributed by atoms with Gasteiger partial charge >= 0.3 is 0 Å². The van der Waals surface area contributed by atoms with Crippen LogP contribution in [0.2, 0.25) is 0 Å². The number of piperazine rings is 1. The third-order valence-electron chi connectivity index (χ3n) is 3.79. The quantitative estimate of drug-likeness (QED) is 0.780. The Balaban J connectivity index is 2.24. The van der Waals surface area contributed by atoms with Gasteiger partial charge in [0.15, 0.2) is 0 Å². The molecule has 1 amide bonds. The van der Waals surface area contributed by atoms with E-state index in [2.05, 4.69) is 10.3 Å². The molecule has 2 heterocycles. The zero-order valence-corrected chi connectivity index (χ0v) is 13.6. The van der Waals surface area contributed by atoms with Gasteiger partial charge in [-0.2, -0.15) is 0 Å². The molecule has 122 valence electrons. The van der Waals surface area contributed by atoms with E-state index in [-0.39, 0.29) is 5.91 Å². The molecule has 0 spiro atoms. The van der Waals surface area contributed by atoms with Crippen LogP contribution in [-0.4, -0.2) is 68.6 Å². The fourth-order valence-electron chi connectivity index (χ4n) is 2.50. The van der Waals surface area contributed by atoms with Crippen LogP contribution in [0.25, 0.3) is 0 Å². The van der Waals surface area contributed by atoms with Crippen molar-refractivity contribution in [2.45, 2.75) is 12.8 Å². The van der Waals surface area contributed by atoms with E-state index in [0.29, 0.717) is 25.3 Å². The average molecular weight is 308 g/mol. The standard InChI is InChI=1S/C15H24N4O3/c1-16-12-6-5-11(14(17-12)15(21-3)22-4)9-19-8-7-18(2)10-13(19)20/h5-6,15H,7-10H2,1-4H3,(H,16,17). The highest BCUT2D eigenvalue weighted by Gasteiger charge is 2.24. The number of ether oxygens (including phenoxy) is 2. The number of carbonyl (C=O) groups excluding carboxylic acids is 1. The molecule has 0 aliphatic carbocycles. The van der Waals surface area contributed by atoms with E-state index in [4.69, 9.17) is 9.47 Å². The van der Waals surface area contributed by atoms with E-state index in [1.54, 1.807) is 14.2 Å². The molecule has 0 unspecified atom stereocenters. The van der Waals surface area contributed by atoms with E-state index >= 15 is 0 Å². The Morgan fingerprint density at radius 3 is 2.64 bits per heavy atom. The maximum absolute atomic E-state index is 12.1. The predicted octanol–water partition coefficient (Wildman–Crippen LogP) is 0.689. The van der Waals surface area contributed by atoms with Gasteiger partial charge in [0, 0.05) is 40.9 Å². The van der Waals surface area contributed by atoms with Crippen molar-refractivity contribution in [3.05, 3.63) is 23.4 Å². The third-order valence-corrected chi connectivity index (χ3v) is 3.79. The fraction of sp³-hybridized carbons (Fsp3) is 0.600. The van der Waals surface area contributed by atoms with Crippen LogP contribution in [0.1, 0.15) is 17.5 Å². The minimum atomic E-state index is -0.550. The number of hydrogen-bond acceptors (Lipinski definition) is 6. The van der Waals surface area contributed by atoms with Crippen molar-refractivity contribution in [2.75, 3.05) is 53.3 Å². The summed E-state index contributed by atoms with van der Waals surface area (Å²) in [6.45, 7) is 2.56. The Bertz CT molecular complexity index is 520. The molecule has 0 aromatic carbocycles. The maximum atomic E-state index is 12.1. The van der Waals surface area contributed by atoms with Crippen molar-refractivity contribution in [2.24, 2.45) is 0 Å². The van der Waals surface area contributed by atoms with E-state index in [1.807, 2.05) is 36.0 Å². The summed E-state index contributed by atoms with van der Waals surface area (Å²) in [6, 6.07) is 3.85. The lowest BCUT2D eigenvalue weighted by molar-refractivity contribution is -0.136. The molecular formula is C15H24N4O3. The second-order valence-electron chi connectivity index (χ2n) is 5.35. The van der Waals surface area contributed by atoms with Crippen LogP contribution in [0.3, 0.4) is 0 Å². The molecule has 0 radical (unpaired) electrons. The highest BCUT2D eigenvalue weighted by atomic mass is 16.7. The summed E-state index contributed by atoms with van der Waals surface area (Å²) in [5.74, 6) is 0.867. The SMILES string of the molecule is CNc1ccc(CN2CCN(C)CC2=O)c(C(OC)OC)n1. The zero-order valence-electron chi connectivity index (χ0n) is 13.6. The van der Waals surface area contributed by atoms with E-state index in [0.717, 1.165) is 17.9 Å². The molecule has 7 heteroatoms. The Kier molecular flexibility index (Phi) is 5.70. The Morgan fingerprint density at radius 2 is 2.05 bits per heavy atom. The van der Waals surface area contributed by atoms with Gasteiger partial charge in [-0.15, -0.1) is 0 Å². The first-order chi connectivity index (χ1) is 10.6. The van der Waals surface area contributed by atoms with Crippen LogP contribution >= 0.6 is 0 Å². The Morgan fingerprint density at radius 1 is 1.32 bits per heavy atom. The molecule has 0 atom stereocenters. The van der Waals surface area contributed by atoms with Crippen LogP contribution in [0.4, 0.5) is 5.82 Å². The number of methoxy groups -OCH3 is 2. The first-order valence-electron chi connectivity index (χ1n) is 7.28. The van der Waals surface area contributed by atoms with Crippen LogP contribution in [-0.2, 0) is 20.8 Å². The maximum Gasteiger partial charge on any atom is 0.237 e. The number of nitrogens with one attached hydrogen (secondary N) is 1. The Hall–Kier alpha value is -1.70. The molecule has 1 aliphatic heterocycles. The summed E-state index contributed by atoms with van der Waals surface area (Å²) < 4.78 is 10.7. The van der Waals surface area contributed by atoms with E-state index in [1.165, 1.54) is 0 Å². The normalized spacial score (nSPS) is 16.4. The van der Waals surface area contributed by atoms with Gasteiger partial charge in [0.2, 0.25) is 12.2 Å². The summed E-state index contributed by atoms with van der Waals surface area (Å²) in [6.07, 6.45) is -0.550. The van der Waals surface area contributed by atoms with E-state index in [9.17, 15) is 4.79 Å². The monoisotopic (exact) mass is 308 g/mol. The van der Waals surface area contributed by atoms with Gasteiger partial charge in [-0.1, -0.05) is 6.07 Å². The minimum absolute atomic E-state index is 0.128. The number of hydrogen-bond donors (Lipinski definition) is 1. The fourth-order valence-corrected chi connectivity index (χ4v) is 2.50. The van der Waals surface area contributed by atoms with Gasteiger partial charge in [0.25, 0.3) is 0 Å². The number of rotatable bonds is 6. The van der Waals surface area contributed by atoms with Gasteiger partial charge in [-0.05, 0) is 18.7 Å². The van der Waals surface area contributed by atoms with Crippen molar-refractivity contribution < 1.29 is 14.3 Å². The Labute approximate surface area is 131 Å². The van der Waals surface area contributed by atoms with Gasteiger partial charge in [-0.3, -0.25) is 9.69 Å². The van der Waals surface area contributed by atoms with Crippen molar-refractivity contribution in [3.63, 3.8) is 0 Å². The molecule has 2 rings (SSSR count). The molecule has 0 bridgehead atoms. The van der Waals surface area contributed by atoms with Crippen LogP contribution < -0.4 is 5.32 Å². The summed E-state index contributed by atoms with van der Waals surface area (Å²) in [4.78, 5) is 20.5. The summed E-state index contributed by atoms with van der Waals surface area (Å²) in [5.41, 5.74) is 1.63. The van der Waals surface area contributed by atoms with Crippen LogP contribution in [0.5, 0.6) is 0 Å². The molecule has 0 saturated carbocycles. The van der Waals surface area contributed by atoms with Crippen molar-refractivity contribution in [1.82, 2.24) is 14.8 Å². The number of likely N-dealkylation sites (N-methyl/N-ethyl adjacent to an activating group) is 1. The summed E-state index contributed by atoms with van der Waals surface area (Å²) >= 11 is 0. The molecule has 1 aliphatic rings. The first-order valence-corrected chi connectivity index (χ1v) is 7.28. The lowest BCUT2D eigenvalue weighted by Gasteiger charge is -2.32. The topological polar surface area (TPSA) is 66.9 Å². The predicted molar refractivity (Wildman–Crippen MR) is 83.5 cm³/mol. The number of nitrogens with zero attached hydrogens (tertiary/aromatic N) is 3.